The SMILES string of the molecule is CCCCNCCC(=O)Nc1ccc(Cl)c(Cl)c1. The lowest BCUT2D eigenvalue weighted by atomic mass is 10.3. The summed E-state index contributed by atoms with van der Waals surface area (Å²) in [6.45, 7) is 3.78. The monoisotopic (exact) mass is 288 g/mol. The molecule has 0 radical (unpaired) electrons. The summed E-state index contributed by atoms with van der Waals surface area (Å²) in [5.74, 6) is -0.0302. The molecule has 1 aromatic carbocycles. The Kier molecular flexibility index (Phi) is 7.09. The van der Waals surface area contributed by atoms with Crippen LogP contribution in [0.25, 0.3) is 0 Å². The fourth-order valence-electron chi connectivity index (χ4n) is 1.43. The highest BCUT2D eigenvalue weighted by molar-refractivity contribution is 6.42. The molecule has 1 amide bonds. The molecule has 0 fully saturated rings. The third-order valence-electron chi connectivity index (χ3n) is 2.44. The summed E-state index contributed by atoms with van der Waals surface area (Å²) in [5, 5.41) is 6.92. The number of hydrogen-bond donors (Lipinski definition) is 2. The molecule has 0 unspecified atom stereocenters. The Balaban J connectivity index is 2.29. The molecule has 0 heterocycles. The van der Waals surface area contributed by atoms with E-state index in [-0.39, 0.29) is 5.91 Å². The molecule has 0 aliphatic carbocycles. The molecule has 5 heteroatoms. The van der Waals surface area contributed by atoms with Crippen LogP contribution in [0.4, 0.5) is 5.69 Å². The van der Waals surface area contributed by atoms with E-state index >= 15 is 0 Å². The summed E-state index contributed by atoms with van der Waals surface area (Å²) in [5.41, 5.74) is 0.669. The fourth-order valence-corrected chi connectivity index (χ4v) is 1.72. The van der Waals surface area contributed by atoms with Crippen LogP contribution < -0.4 is 10.6 Å². The van der Waals surface area contributed by atoms with Crippen LogP contribution in [-0.4, -0.2) is 19.0 Å². The number of anilines is 1. The van der Waals surface area contributed by atoms with E-state index in [0.29, 0.717) is 28.7 Å². The number of carbonyl (C=O) groups is 1. The van der Waals surface area contributed by atoms with Gasteiger partial charge in [-0.2, -0.15) is 0 Å². The standard InChI is InChI=1S/C13H18Cl2N2O/c1-2-3-7-16-8-6-13(18)17-10-4-5-11(14)12(15)9-10/h4-5,9,16H,2-3,6-8H2,1H3,(H,17,18). The fraction of sp³-hybridized carbons (Fsp3) is 0.462. The molecular formula is C13H18Cl2N2O. The van der Waals surface area contributed by atoms with Crippen molar-refractivity contribution in [3.8, 4) is 0 Å². The molecule has 0 bridgehead atoms. The third kappa shape index (κ3) is 5.71. The van der Waals surface area contributed by atoms with Gasteiger partial charge in [-0.05, 0) is 31.2 Å². The predicted molar refractivity (Wildman–Crippen MR) is 77.5 cm³/mol. The number of rotatable bonds is 7. The van der Waals surface area contributed by atoms with Gasteiger partial charge in [0.15, 0.2) is 0 Å². The molecule has 2 N–H and O–H groups in total. The number of halogens is 2. The van der Waals surface area contributed by atoms with Crippen molar-refractivity contribution in [3.63, 3.8) is 0 Å². The molecule has 0 saturated carbocycles. The Morgan fingerprint density at radius 2 is 2.00 bits per heavy atom. The minimum Gasteiger partial charge on any atom is -0.326 e. The van der Waals surface area contributed by atoms with Gasteiger partial charge in [0.05, 0.1) is 10.0 Å². The van der Waals surface area contributed by atoms with Gasteiger partial charge in [0, 0.05) is 18.7 Å². The van der Waals surface area contributed by atoms with Gasteiger partial charge >= 0.3 is 0 Å². The van der Waals surface area contributed by atoms with Crippen molar-refractivity contribution in [3.05, 3.63) is 28.2 Å². The van der Waals surface area contributed by atoms with Crippen LogP contribution in [0.1, 0.15) is 26.2 Å². The Labute approximate surface area is 118 Å². The molecule has 0 saturated heterocycles. The molecule has 3 nitrogen and oxygen atoms in total. The zero-order valence-electron chi connectivity index (χ0n) is 10.4. The number of unbranched alkanes of at least 4 members (excludes halogenated alkanes) is 1. The molecule has 0 aliphatic heterocycles. The second-order valence-corrected chi connectivity index (χ2v) is 4.85. The normalized spacial score (nSPS) is 10.4. The first-order valence-electron chi connectivity index (χ1n) is 6.09. The average Bonchev–Trinajstić information content (AvgIpc) is 2.34. The molecule has 0 spiro atoms. The highest BCUT2D eigenvalue weighted by Crippen LogP contribution is 2.24. The second-order valence-electron chi connectivity index (χ2n) is 4.03. The van der Waals surface area contributed by atoms with Crippen LogP contribution in [0.5, 0.6) is 0 Å². The van der Waals surface area contributed by atoms with E-state index in [4.69, 9.17) is 23.2 Å². The minimum absolute atomic E-state index is 0.0302. The Hall–Kier alpha value is -0.770. The lowest BCUT2D eigenvalue weighted by Crippen LogP contribution is -2.22. The molecule has 1 aromatic rings. The van der Waals surface area contributed by atoms with Crippen molar-refractivity contribution in [1.82, 2.24) is 5.32 Å². The maximum atomic E-state index is 11.6. The van der Waals surface area contributed by atoms with Crippen molar-refractivity contribution < 1.29 is 4.79 Å². The summed E-state index contributed by atoms with van der Waals surface area (Å²) in [4.78, 5) is 11.6. The summed E-state index contributed by atoms with van der Waals surface area (Å²) < 4.78 is 0. The molecule has 0 aliphatic rings. The van der Waals surface area contributed by atoms with Crippen LogP contribution in [0.2, 0.25) is 10.0 Å². The summed E-state index contributed by atoms with van der Waals surface area (Å²) in [6.07, 6.45) is 2.74. The van der Waals surface area contributed by atoms with Crippen molar-refractivity contribution in [2.24, 2.45) is 0 Å². The van der Waals surface area contributed by atoms with E-state index in [1.54, 1.807) is 18.2 Å². The van der Waals surface area contributed by atoms with Crippen LogP contribution in [-0.2, 0) is 4.79 Å². The summed E-state index contributed by atoms with van der Waals surface area (Å²) >= 11 is 11.7. The zero-order chi connectivity index (χ0) is 13.4. The van der Waals surface area contributed by atoms with E-state index in [2.05, 4.69) is 17.6 Å². The van der Waals surface area contributed by atoms with Crippen LogP contribution in [0.15, 0.2) is 18.2 Å². The number of hydrogen-bond acceptors (Lipinski definition) is 2. The van der Waals surface area contributed by atoms with E-state index < -0.39 is 0 Å². The lowest BCUT2D eigenvalue weighted by Gasteiger charge is -2.07. The number of benzene rings is 1. The van der Waals surface area contributed by atoms with Gasteiger partial charge in [-0.1, -0.05) is 36.5 Å². The van der Waals surface area contributed by atoms with Crippen molar-refractivity contribution in [2.75, 3.05) is 18.4 Å². The maximum Gasteiger partial charge on any atom is 0.225 e. The van der Waals surface area contributed by atoms with Gasteiger partial charge in [-0.3, -0.25) is 4.79 Å². The zero-order valence-corrected chi connectivity index (χ0v) is 11.9. The van der Waals surface area contributed by atoms with Gasteiger partial charge in [-0.25, -0.2) is 0 Å². The van der Waals surface area contributed by atoms with Crippen molar-refractivity contribution >= 4 is 34.8 Å². The smallest absolute Gasteiger partial charge is 0.225 e. The van der Waals surface area contributed by atoms with E-state index in [0.717, 1.165) is 19.4 Å². The quantitative estimate of drug-likeness (QED) is 0.751. The summed E-state index contributed by atoms with van der Waals surface area (Å²) in [7, 11) is 0. The van der Waals surface area contributed by atoms with Crippen LogP contribution >= 0.6 is 23.2 Å². The minimum atomic E-state index is -0.0302. The van der Waals surface area contributed by atoms with E-state index in [1.165, 1.54) is 0 Å². The number of amides is 1. The second kappa shape index (κ2) is 8.35. The Morgan fingerprint density at radius 1 is 1.22 bits per heavy atom. The Morgan fingerprint density at radius 3 is 2.67 bits per heavy atom. The van der Waals surface area contributed by atoms with Gasteiger partial charge in [0.2, 0.25) is 5.91 Å². The lowest BCUT2D eigenvalue weighted by molar-refractivity contribution is -0.116. The first-order valence-corrected chi connectivity index (χ1v) is 6.84. The van der Waals surface area contributed by atoms with Gasteiger partial charge in [0.1, 0.15) is 0 Å². The first-order chi connectivity index (χ1) is 8.63. The first kappa shape index (κ1) is 15.3. The van der Waals surface area contributed by atoms with Gasteiger partial charge in [-0.15, -0.1) is 0 Å². The van der Waals surface area contributed by atoms with Gasteiger partial charge < -0.3 is 10.6 Å². The van der Waals surface area contributed by atoms with Crippen LogP contribution in [0, 0.1) is 0 Å². The van der Waals surface area contributed by atoms with E-state index in [9.17, 15) is 4.79 Å². The molecule has 0 atom stereocenters. The molecule has 100 valence electrons. The van der Waals surface area contributed by atoms with Crippen molar-refractivity contribution in [2.45, 2.75) is 26.2 Å². The number of nitrogens with one attached hydrogen (secondary N) is 2. The highest BCUT2D eigenvalue weighted by Gasteiger charge is 2.04. The topological polar surface area (TPSA) is 41.1 Å². The van der Waals surface area contributed by atoms with Gasteiger partial charge in [0.25, 0.3) is 0 Å². The maximum absolute atomic E-state index is 11.6. The predicted octanol–water partition coefficient (Wildman–Crippen LogP) is 3.71. The number of carbonyl (C=O) groups excluding carboxylic acids is 1. The molecular weight excluding hydrogens is 271 g/mol. The highest BCUT2D eigenvalue weighted by atomic mass is 35.5. The molecule has 18 heavy (non-hydrogen) atoms. The summed E-state index contributed by atoms with van der Waals surface area (Å²) in [6, 6.07) is 5.04. The van der Waals surface area contributed by atoms with E-state index in [1.807, 2.05) is 0 Å². The Bertz CT molecular complexity index is 397. The van der Waals surface area contributed by atoms with Crippen LogP contribution in [0.3, 0.4) is 0 Å². The largest absolute Gasteiger partial charge is 0.326 e. The van der Waals surface area contributed by atoms with Crippen molar-refractivity contribution in [1.29, 1.82) is 0 Å². The molecule has 0 aromatic heterocycles. The molecule has 1 rings (SSSR count). The average molecular weight is 289 g/mol. The third-order valence-corrected chi connectivity index (χ3v) is 3.18.